The number of ether oxygens (including phenoxy) is 3. The molecule has 1 atom stereocenters. The van der Waals surface area contributed by atoms with E-state index in [4.69, 9.17) is 14.2 Å². The van der Waals surface area contributed by atoms with Crippen LogP contribution < -0.4 is 19.5 Å². The van der Waals surface area contributed by atoms with Gasteiger partial charge in [0.1, 0.15) is 0 Å². The summed E-state index contributed by atoms with van der Waals surface area (Å²) in [5.74, 6) is 1.91. The third kappa shape index (κ3) is 4.95. The van der Waals surface area contributed by atoms with E-state index in [1.54, 1.807) is 6.07 Å². The second-order valence-electron chi connectivity index (χ2n) is 8.22. The van der Waals surface area contributed by atoms with E-state index in [9.17, 15) is 10.1 Å². The van der Waals surface area contributed by atoms with E-state index in [-0.39, 0.29) is 18.4 Å². The van der Waals surface area contributed by atoms with Gasteiger partial charge in [-0.2, -0.15) is 4.98 Å². The van der Waals surface area contributed by atoms with Gasteiger partial charge >= 0.3 is 0 Å². The van der Waals surface area contributed by atoms with Crippen molar-refractivity contribution in [3.63, 3.8) is 0 Å². The monoisotopic (exact) mass is 495 g/mol. The van der Waals surface area contributed by atoms with Crippen LogP contribution in [-0.4, -0.2) is 32.7 Å². The first-order chi connectivity index (χ1) is 17.1. The van der Waals surface area contributed by atoms with Crippen molar-refractivity contribution in [1.29, 1.82) is 0 Å². The van der Waals surface area contributed by atoms with Crippen molar-refractivity contribution in [2.24, 2.45) is 0 Å². The lowest BCUT2D eigenvalue weighted by Crippen LogP contribution is -2.18. The number of para-hydroxylation sites is 1. The second-order valence-corrected chi connectivity index (χ2v) is 9.28. The highest BCUT2D eigenvalue weighted by Crippen LogP contribution is 2.44. The first-order valence-electron chi connectivity index (χ1n) is 11.6. The second kappa shape index (κ2) is 10.3. The number of nitrogens with one attached hydrogen (secondary N) is 1. The Morgan fingerprint density at radius 2 is 1.91 bits per heavy atom. The van der Waals surface area contributed by atoms with E-state index in [2.05, 4.69) is 27.4 Å². The standard InChI is InChI=1S/C24H25N5O5S/c1-2-3-4-5-8-11-35-24-26-23-21(27-28-24)15-9-6-7-10-17(15)25-22(34-23)16-12-19-20(33-14-32-19)13-18(16)29(30)31/h6-7,9-10,12-13,22,25H,2-5,8,11,14H2,1H3/t22-/m1/s1. The molecular weight excluding hydrogens is 470 g/mol. The third-order valence-electron chi connectivity index (χ3n) is 5.81. The summed E-state index contributed by atoms with van der Waals surface area (Å²) in [5.41, 5.74) is 2.09. The van der Waals surface area contributed by atoms with Gasteiger partial charge in [0.2, 0.25) is 24.1 Å². The number of nitrogens with zero attached hydrogens (tertiary/aromatic N) is 4. The van der Waals surface area contributed by atoms with E-state index >= 15 is 0 Å². The summed E-state index contributed by atoms with van der Waals surface area (Å²) in [6.07, 6.45) is 5.01. The molecule has 10 nitrogen and oxygen atoms in total. The summed E-state index contributed by atoms with van der Waals surface area (Å²) < 4.78 is 17.0. The molecule has 2 aliphatic rings. The van der Waals surface area contributed by atoms with Crippen LogP contribution in [0, 0.1) is 10.1 Å². The number of benzene rings is 2. The predicted molar refractivity (Wildman–Crippen MR) is 131 cm³/mol. The smallest absolute Gasteiger partial charge is 0.282 e. The Bertz CT molecular complexity index is 1240. The molecule has 0 saturated carbocycles. The quantitative estimate of drug-likeness (QED) is 0.170. The normalized spacial score (nSPS) is 15.4. The largest absolute Gasteiger partial charge is 0.454 e. The maximum atomic E-state index is 11.9. The molecule has 5 rings (SSSR count). The maximum Gasteiger partial charge on any atom is 0.282 e. The molecule has 0 fully saturated rings. The van der Waals surface area contributed by atoms with Crippen molar-refractivity contribution in [3.8, 4) is 28.6 Å². The van der Waals surface area contributed by atoms with Crippen molar-refractivity contribution in [2.75, 3.05) is 17.9 Å². The fourth-order valence-electron chi connectivity index (χ4n) is 4.03. The molecule has 0 radical (unpaired) electrons. The van der Waals surface area contributed by atoms with Crippen LogP contribution in [0.2, 0.25) is 0 Å². The Balaban J connectivity index is 1.47. The molecule has 0 spiro atoms. The van der Waals surface area contributed by atoms with E-state index in [0.717, 1.165) is 17.7 Å². The van der Waals surface area contributed by atoms with Crippen molar-refractivity contribution in [2.45, 2.75) is 50.4 Å². The van der Waals surface area contributed by atoms with Crippen molar-refractivity contribution in [3.05, 3.63) is 52.1 Å². The van der Waals surface area contributed by atoms with E-state index < -0.39 is 11.2 Å². The predicted octanol–water partition coefficient (Wildman–Crippen LogP) is 5.74. The number of hydrogen-bond donors (Lipinski definition) is 1. The summed E-state index contributed by atoms with van der Waals surface area (Å²) in [6, 6.07) is 10.4. The summed E-state index contributed by atoms with van der Waals surface area (Å²) >= 11 is 1.53. The molecule has 3 heterocycles. The van der Waals surface area contributed by atoms with Crippen LogP contribution in [0.5, 0.6) is 17.4 Å². The Hall–Kier alpha value is -3.60. The Morgan fingerprint density at radius 1 is 1.11 bits per heavy atom. The maximum absolute atomic E-state index is 11.9. The summed E-state index contributed by atoms with van der Waals surface area (Å²) in [7, 11) is 0. The average Bonchev–Trinajstić information content (AvgIpc) is 3.26. The van der Waals surface area contributed by atoms with Gasteiger partial charge in [-0.15, -0.1) is 10.2 Å². The SMILES string of the molecule is CCCCCCCSc1nnc2c(n1)O[C@H](c1cc3c(cc1[N+](=O)[O-])OCO3)Nc1ccccc1-2. The molecule has 35 heavy (non-hydrogen) atoms. The Kier molecular flexibility index (Phi) is 6.84. The van der Waals surface area contributed by atoms with Gasteiger partial charge < -0.3 is 19.5 Å². The molecule has 0 bridgehead atoms. The first-order valence-corrected chi connectivity index (χ1v) is 12.6. The first kappa shape index (κ1) is 23.2. The van der Waals surface area contributed by atoms with Gasteiger partial charge in [-0.3, -0.25) is 10.1 Å². The number of unbranched alkanes of at least 4 members (excludes halogenated alkanes) is 4. The van der Waals surface area contributed by atoms with Crippen molar-refractivity contribution >= 4 is 23.1 Å². The van der Waals surface area contributed by atoms with Crippen LogP contribution in [0.25, 0.3) is 11.3 Å². The molecule has 182 valence electrons. The zero-order chi connectivity index (χ0) is 24.2. The molecule has 0 amide bonds. The van der Waals surface area contributed by atoms with Gasteiger partial charge in [-0.25, -0.2) is 0 Å². The highest BCUT2D eigenvalue weighted by atomic mass is 32.2. The number of aromatic nitrogens is 3. The molecule has 2 aliphatic heterocycles. The zero-order valence-electron chi connectivity index (χ0n) is 19.2. The van der Waals surface area contributed by atoms with Gasteiger partial charge in [0, 0.05) is 17.0 Å². The number of fused-ring (bicyclic) bond motifs is 4. The molecule has 3 aromatic rings. The minimum atomic E-state index is -0.907. The van der Waals surface area contributed by atoms with Crippen LogP contribution in [0.1, 0.15) is 50.8 Å². The molecule has 11 heteroatoms. The van der Waals surface area contributed by atoms with Crippen LogP contribution in [-0.2, 0) is 0 Å². The third-order valence-corrected chi connectivity index (χ3v) is 6.74. The minimum Gasteiger partial charge on any atom is -0.454 e. The number of nitro benzene ring substituents is 1. The number of hydrogen-bond acceptors (Lipinski definition) is 10. The highest BCUT2D eigenvalue weighted by Gasteiger charge is 2.33. The van der Waals surface area contributed by atoms with Gasteiger partial charge in [0.05, 0.1) is 16.6 Å². The molecule has 0 aliphatic carbocycles. The van der Waals surface area contributed by atoms with Crippen LogP contribution >= 0.6 is 11.8 Å². The van der Waals surface area contributed by atoms with E-state index in [1.165, 1.54) is 43.5 Å². The Morgan fingerprint density at radius 3 is 2.74 bits per heavy atom. The molecule has 1 N–H and O–H groups in total. The lowest BCUT2D eigenvalue weighted by molar-refractivity contribution is -0.386. The van der Waals surface area contributed by atoms with Gasteiger partial charge in [-0.1, -0.05) is 62.6 Å². The lowest BCUT2D eigenvalue weighted by Gasteiger charge is -2.19. The van der Waals surface area contributed by atoms with Crippen molar-refractivity contribution < 1.29 is 19.1 Å². The molecule has 0 saturated heterocycles. The van der Waals surface area contributed by atoms with E-state index in [0.29, 0.717) is 33.6 Å². The van der Waals surface area contributed by atoms with Crippen LogP contribution in [0.15, 0.2) is 41.6 Å². The number of anilines is 1. The molecular formula is C24H25N5O5S. The minimum absolute atomic E-state index is 0.0106. The lowest BCUT2D eigenvalue weighted by atomic mass is 10.1. The van der Waals surface area contributed by atoms with Crippen LogP contribution in [0.4, 0.5) is 11.4 Å². The molecule has 0 unspecified atom stereocenters. The molecule has 2 aromatic carbocycles. The number of rotatable bonds is 9. The number of nitro groups is 1. The fraction of sp³-hybridized carbons (Fsp3) is 0.375. The summed E-state index contributed by atoms with van der Waals surface area (Å²) in [4.78, 5) is 16.1. The Labute approximate surface area is 206 Å². The zero-order valence-corrected chi connectivity index (χ0v) is 20.0. The van der Waals surface area contributed by atoms with Crippen LogP contribution in [0.3, 0.4) is 0 Å². The summed E-state index contributed by atoms with van der Waals surface area (Å²) in [6.45, 7) is 2.21. The van der Waals surface area contributed by atoms with Gasteiger partial charge in [-0.05, 0) is 18.6 Å². The number of thioether (sulfide) groups is 1. The van der Waals surface area contributed by atoms with Gasteiger partial charge in [0.15, 0.2) is 17.2 Å². The topological polar surface area (TPSA) is 122 Å². The van der Waals surface area contributed by atoms with E-state index in [1.807, 2.05) is 24.3 Å². The summed E-state index contributed by atoms with van der Waals surface area (Å²) in [5, 5.41) is 24.4. The van der Waals surface area contributed by atoms with Crippen molar-refractivity contribution in [1.82, 2.24) is 15.2 Å². The average molecular weight is 496 g/mol. The fourth-order valence-corrected chi connectivity index (χ4v) is 4.81. The molecule has 1 aromatic heterocycles. The van der Waals surface area contributed by atoms with Gasteiger partial charge in [0.25, 0.3) is 5.69 Å². The highest BCUT2D eigenvalue weighted by molar-refractivity contribution is 7.99.